The molecule has 1 amide bonds. The second-order valence-electron chi connectivity index (χ2n) is 4.91. The average molecular weight is 338 g/mol. The average Bonchev–Trinajstić information content (AvgIpc) is 2.85. The summed E-state index contributed by atoms with van der Waals surface area (Å²) in [6.07, 6.45) is 0. The van der Waals surface area contributed by atoms with E-state index in [1.165, 1.54) is 0 Å². The van der Waals surface area contributed by atoms with Crippen molar-refractivity contribution < 1.29 is 4.79 Å². The van der Waals surface area contributed by atoms with Crippen LogP contribution in [0.2, 0.25) is 10.0 Å². The van der Waals surface area contributed by atoms with Gasteiger partial charge in [0, 0.05) is 11.3 Å². The van der Waals surface area contributed by atoms with E-state index in [1.807, 2.05) is 43.3 Å². The monoisotopic (exact) mass is 337 g/mol. The van der Waals surface area contributed by atoms with Gasteiger partial charge in [-0.2, -0.15) is 0 Å². The van der Waals surface area contributed by atoms with Crippen LogP contribution in [0, 0.1) is 6.92 Å². The number of carbonyl (C=O) groups excluding carboxylic acids is 1. The SMILES string of the molecule is Cc1ccc(N2C(=O)CSC2c2cccc(Cl)c2Cl)cc1. The number of thioether (sulfide) groups is 1. The summed E-state index contributed by atoms with van der Waals surface area (Å²) in [7, 11) is 0. The van der Waals surface area contributed by atoms with Crippen LogP contribution in [0.25, 0.3) is 0 Å². The molecule has 21 heavy (non-hydrogen) atoms. The fourth-order valence-corrected chi connectivity index (χ4v) is 4.03. The van der Waals surface area contributed by atoms with Crippen LogP contribution in [0.15, 0.2) is 42.5 Å². The molecule has 1 unspecified atom stereocenters. The minimum Gasteiger partial charge on any atom is -0.295 e. The molecule has 5 heteroatoms. The molecular weight excluding hydrogens is 325 g/mol. The lowest BCUT2D eigenvalue weighted by Gasteiger charge is -2.25. The Kier molecular flexibility index (Phi) is 4.16. The molecule has 1 aliphatic heterocycles. The Balaban J connectivity index is 2.03. The predicted octanol–water partition coefficient (Wildman–Crippen LogP) is 5.08. The fraction of sp³-hybridized carbons (Fsp3) is 0.188. The zero-order valence-electron chi connectivity index (χ0n) is 11.3. The Morgan fingerprint density at radius 1 is 1.14 bits per heavy atom. The molecule has 0 aromatic heterocycles. The summed E-state index contributed by atoms with van der Waals surface area (Å²) >= 11 is 14.0. The predicted molar refractivity (Wildman–Crippen MR) is 90.3 cm³/mol. The van der Waals surface area contributed by atoms with E-state index in [0.717, 1.165) is 16.8 Å². The number of rotatable bonds is 2. The van der Waals surface area contributed by atoms with Crippen molar-refractivity contribution in [2.75, 3.05) is 10.7 Å². The highest BCUT2D eigenvalue weighted by atomic mass is 35.5. The zero-order valence-corrected chi connectivity index (χ0v) is 13.7. The Morgan fingerprint density at radius 3 is 2.57 bits per heavy atom. The van der Waals surface area contributed by atoms with E-state index in [1.54, 1.807) is 22.7 Å². The number of halogens is 2. The van der Waals surface area contributed by atoms with E-state index >= 15 is 0 Å². The molecule has 0 N–H and O–H groups in total. The van der Waals surface area contributed by atoms with Crippen molar-refractivity contribution in [2.45, 2.75) is 12.3 Å². The summed E-state index contributed by atoms with van der Waals surface area (Å²) in [6, 6.07) is 13.5. The number of amides is 1. The molecule has 1 saturated heterocycles. The summed E-state index contributed by atoms with van der Waals surface area (Å²) < 4.78 is 0. The summed E-state index contributed by atoms with van der Waals surface area (Å²) in [4.78, 5) is 14.1. The molecule has 1 heterocycles. The van der Waals surface area contributed by atoms with E-state index in [4.69, 9.17) is 23.2 Å². The van der Waals surface area contributed by atoms with Crippen LogP contribution in [0.5, 0.6) is 0 Å². The lowest BCUT2D eigenvalue weighted by Crippen LogP contribution is -2.27. The van der Waals surface area contributed by atoms with E-state index in [0.29, 0.717) is 15.8 Å². The number of aryl methyl sites for hydroxylation is 1. The molecule has 2 aromatic rings. The number of hydrogen-bond donors (Lipinski definition) is 0. The molecule has 1 aliphatic rings. The van der Waals surface area contributed by atoms with Gasteiger partial charge in [-0.3, -0.25) is 9.69 Å². The van der Waals surface area contributed by atoms with E-state index in [2.05, 4.69) is 0 Å². The minimum atomic E-state index is -0.133. The van der Waals surface area contributed by atoms with Crippen LogP contribution in [-0.2, 0) is 4.79 Å². The third-order valence-electron chi connectivity index (χ3n) is 3.43. The van der Waals surface area contributed by atoms with Gasteiger partial charge in [0.25, 0.3) is 0 Å². The molecular formula is C16H13Cl2NOS. The second kappa shape index (κ2) is 5.91. The maximum Gasteiger partial charge on any atom is 0.238 e. The first-order valence-electron chi connectivity index (χ1n) is 6.52. The first-order chi connectivity index (χ1) is 10.1. The summed E-state index contributed by atoms with van der Waals surface area (Å²) in [6.45, 7) is 2.02. The Labute approximate surface area is 138 Å². The van der Waals surface area contributed by atoms with Crippen molar-refractivity contribution in [1.29, 1.82) is 0 Å². The van der Waals surface area contributed by atoms with Gasteiger partial charge in [-0.1, -0.05) is 53.0 Å². The van der Waals surface area contributed by atoms with Crippen LogP contribution in [-0.4, -0.2) is 11.7 Å². The highest BCUT2D eigenvalue weighted by Gasteiger charge is 2.35. The topological polar surface area (TPSA) is 20.3 Å². The maximum absolute atomic E-state index is 12.3. The standard InChI is InChI=1S/C16H13Cl2NOS/c1-10-5-7-11(8-6-10)19-14(20)9-21-16(19)12-3-2-4-13(17)15(12)18/h2-8,16H,9H2,1H3. The molecule has 1 atom stereocenters. The van der Waals surface area contributed by atoms with Crippen LogP contribution >= 0.6 is 35.0 Å². The van der Waals surface area contributed by atoms with Gasteiger partial charge in [0.05, 0.1) is 15.8 Å². The van der Waals surface area contributed by atoms with Crippen molar-refractivity contribution >= 4 is 46.6 Å². The highest BCUT2D eigenvalue weighted by Crippen LogP contribution is 2.45. The largest absolute Gasteiger partial charge is 0.295 e. The molecule has 0 bridgehead atoms. The zero-order chi connectivity index (χ0) is 15.0. The molecule has 0 radical (unpaired) electrons. The number of benzene rings is 2. The second-order valence-corrected chi connectivity index (χ2v) is 6.76. The van der Waals surface area contributed by atoms with Gasteiger partial charge in [-0.05, 0) is 25.1 Å². The van der Waals surface area contributed by atoms with Crippen molar-refractivity contribution in [3.63, 3.8) is 0 Å². The molecule has 2 aromatic carbocycles. The van der Waals surface area contributed by atoms with Gasteiger partial charge in [0.15, 0.2) is 0 Å². The molecule has 0 saturated carbocycles. The first-order valence-corrected chi connectivity index (χ1v) is 8.32. The Morgan fingerprint density at radius 2 is 1.86 bits per heavy atom. The fourth-order valence-electron chi connectivity index (χ4n) is 2.35. The maximum atomic E-state index is 12.3. The van der Waals surface area contributed by atoms with Crippen LogP contribution < -0.4 is 4.90 Å². The van der Waals surface area contributed by atoms with E-state index in [-0.39, 0.29) is 11.3 Å². The molecule has 0 aliphatic carbocycles. The van der Waals surface area contributed by atoms with Crippen molar-refractivity contribution in [1.82, 2.24) is 0 Å². The van der Waals surface area contributed by atoms with Gasteiger partial charge in [0.1, 0.15) is 5.37 Å². The Bertz CT molecular complexity index is 687. The summed E-state index contributed by atoms with van der Waals surface area (Å²) in [5.74, 6) is 0.534. The van der Waals surface area contributed by atoms with Crippen molar-refractivity contribution in [2.24, 2.45) is 0 Å². The Hall–Kier alpha value is -1.16. The highest BCUT2D eigenvalue weighted by molar-refractivity contribution is 8.00. The quantitative estimate of drug-likeness (QED) is 0.761. The van der Waals surface area contributed by atoms with Crippen LogP contribution in [0.1, 0.15) is 16.5 Å². The van der Waals surface area contributed by atoms with Crippen molar-refractivity contribution in [3.05, 3.63) is 63.6 Å². The third kappa shape index (κ3) is 2.78. The van der Waals surface area contributed by atoms with Gasteiger partial charge in [-0.25, -0.2) is 0 Å². The number of hydrogen-bond acceptors (Lipinski definition) is 2. The van der Waals surface area contributed by atoms with Gasteiger partial charge in [0.2, 0.25) is 5.91 Å². The lowest BCUT2D eigenvalue weighted by atomic mass is 10.1. The van der Waals surface area contributed by atoms with Gasteiger partial charge in [-0.15, -0.1) is 11.8 Å². The lowest BCUT2D eigenvalue weighted by molar-refractivity contribution is -0.115. The normalized spacial score (nSPS) is 18.3. The van der Waals surface area contributed by atoms with Crippen LogP contribution in [0.4, 0.5) is 5.69 Å². The number of carbonyl (C=O) groups is 1. The van der Waals surface area contributed by atoms with Crippen molar-refractivity contribution in [3.8, 4) is 0 Å². The number of nitrogens with zero attached hydrogens (tertiary/aromatic N) is 1. The summed E-state index contributed by atoms with van der Waals surface area (Å²) in [5, 5.41) is 0.896. The molecule has 2 nitrogen and oxygen atoms in total. The first kappa shape index (κ1) is 14.8. The number of anilines is 1. The van der Waals surface area contributed by atoms with Gasteiger partial charge >= 0.3 is 0 Å². The molecule has 1 fully saturated rings. The van der Waals surface area contributed by atoms with E-state index < -0.39 is 0 Å². The smallest absolute Gasteiger partial charge is 0.238 e. The minimum absolute atomic E-state index is 0.0879. The summed E-state index contributed by atoms with van der Waals surface area (Å²) in [5.41, 5.74) is 2.92. The van der Waals surface area contributed by atoms with Gasteiger partial charge < -0.3 is 0 Å². The molecule has 0 spiro atoms. The molecule has 3 rings (SSSR count). The van der Waals surface area contributed by atoms with Crippen LogP contribution in [0.3, 0.4) is 0 Å². The third-order valence-corrected chi connectivity index (χ3v) is 5.46. The van der Waals surface area contributed by atoms with E-state index in [9.17, 15) is 4.79 Å². The molecule has 108 valence electrons.